The van der Waals surface area contributed by atoms with Crippen molar-refractivity contribution in [2.75, 3.05) is 6.54 Å². The van der Waals surface area contributed by atoms with Crippen molar-refractivity contribution in [1.29, 1.82) is 0 Å². The molecule has 1 nitrogen and oxygen atoms in total. The van der Waals surface area contributed by atoms with Crippen LogP contribution in [0.4, 0.5) is 13.2 Å². The van der Waals surface area contributed by atoms with Gasteiger partial charge in [-0.15, -0.1) is 0 Å². The molecular weight excluding hydrogens is 203 g/mol. The van der Waals surface area contributed by atoms with E-state index in [0.717, 1.165) is 12.1 Å². The summed E-state index contributed by atoms with van der Waals surface area (Å²) in [4.78, 5) is 0. The fraction of sp³-hybridized carbons (Fsp3) is 0.455. The third-order valence-corrected chi connectivity index (χ3v) is 2.47. The van der Waals surface area contributed by atoms with E-state index in [2.05, 4.69) is 5.32 Å². The Morgan fingerprint density at radius 3 is 2.27 bits per heavy atom. The molecule has 0 spiro atoms. The molecule has 0 unspecified atom stereocenters. The van der Waals surface area contributed by atoms with Crippen molar-refractivity contribution in [2.24, 2.45) is 0 Å². The van der Waals surface area contributed by atoms with Crippen LogP contribution in [-0.2, 0) is 6.42 Å². The van der Waals surface area contributed by atoms with Gasteiger partial charge in [-0.2, -0.15) is 0 Å². The van der Waals surface area contributed by atoms with E-state index in [4.69, 9.17) is 0 Å². The lowest BCUT2D eigenvalue weighted by Crippen LogP contribution is -2.19. The van der Waals surface area contributed by atoms with Crippen LogP contribution in [0, 0.1) is 17.5 Å². The summed E-state index contributed by atoms with van der Waals surface area (Å²) >= 11 is 0. The lowest BCUT2D eigenvalue weighted by molar-refractivity contribution is 0.445. The second-order valence-corrected chi connectivity index (χ2v) is 3.85. The minimum atomic E-state index is -1.39. The molecule has 15 heavy (non-hydrogen) atoms. The minimum absolute atomic E-state index is 0.486. The Morgan fingerprint density at radius 1 is 1.13 bits per heavy atom. The summed E-state index contributed by atoms with van der Waals surface area (Å²) in [6.45, 7) is 0.676. The predicted molar refractivity (Wildman–Crippen MR) is 51.0 cm³/mol. The highest BCUT2D eigenvalue weighted by Crippen LogP contribution is 2.19. The maximum Gasteiger partial charge on any atom is 0.194 e. The molecule has 0 aliphatic heterocycles. The van der Waals surface area contributed by atoms with Gasteiger partial charge in [0.2, 0.25) is 0 Å². The van der Waals surface area contributed by atoms with Crippen molar-refractivity contribution >= 4 is 0 Å². The molecule has 1 fully saturated rings. The molecule has 2 rings (SSSR count). The zero-order valence-corrected chi connectivity index (χ0v) is 8.19. The molecule has 1 aliphatic carbocycles. The van der Waals surface area contributed by atoms with Gasteiger partial charge in [0.25, 0.3) is 0 Å². The highest BCUT2D eigenvalue weighted by molar-refractivity contribution is 5.19. The van der Waals surface area contributed by atoms with Crippen LogP contribution in [0.1, 0.15) is 18.4 Å². The first-order valence-electron chi connectivity index (χ1n) is 5.03. The SMILES string of the molecule is Fc1cc(CCNC2CC2)cc(F)c1F. The van der Waals surface area contributed by atoms with Crippen molar-refractivity contribution in [3.8, 4) is 0 Å². The Kier molecular flexibility index (Phi) is 2.95. The van der Waals surface area contributed by atoms with Gasteiger partial charge in [0.1, 0.15) is 0 Å². The normalized spacial score (nSPS) is 15.7. The van der Waals surface area contributed by atoms with Crippen LogP contribution in [0.15, 0.2) is 12.1 Å². The van der Waals surface area contributed by atoms with Crippen molar-refractivity contribution in [1.82, 2.24) is 5.32 Å². The molecule has 0 bridgehead atoms. The predicted octanol–water partition coefficient (Wildman–Crippen LogP) is 2.40. The van der Waals surface area contributed by atoms with Crippen LogP contribution in [-0.4, -0.2) is 12.6 Å². The number of rotatable bonds is 4. The first-order valence-corrected chi connectivity index (χ1v) is 5.03. The number of hydrogen-bond acceptors (Lipinski definition) is 1. The molecule has 1 aromatic rings. The van der Waals surface area contributed by atoms with Gasteiger partial charge in [0, 0.05) is 6.04 Å². The molecule has 1 aliphatic rings. The smallest absolute Gasteiger partial charge is 0.194 e. The van der Waals surface area contributed by atoms with E-state index in [-0.39, 0.29) is 0 Å². The van der Waals surface area contributed by atoms with E-state index in [1.54, 1.807) is 0 Å². The van der Waals surface area contributed by atoms with Crippen LogP contribution in [0.5, 0.6) is 0 Å². The molecule has 1 N–H and O–H groups in total. The Balaban J connectivity index is 1.94. The molecule has 82 valence electrons. The second-order valence-electron chi connectivity index (χ2n) is 3.85. The third kappa shape index (κ3) is 2.72. The van der Waals surface area contributed by atoms with Gasteiger partial charge in [0.05, 0.1) is 0 Å². The van der Waals surface area contributed by atoms with E-state index < -0.39 is 17.5 Å². The number of hydrogen-bond donors (Lipinski definition) is 1. The molecule has 0 radical (unpaired) electrons. The molecule has 0 amide bonds. The molecule has 0 heterocycles. The molecular formula is C11H12F3N. The first-order chi connectivity index (χ1) is 7.16. The quantitative estimate of drug-likeness (QED) is 0.760. The Labute approximate surface area is 86.3 Å². The van der Waals surface area contributed by atoms with Gasteiger partial charge >= 0.3 is 0 Å². The van der Waals surface area contributed by atoms with Gasteiger partial charge in [-0.1, -0.05) is 0 Å². The van der Waals surface area contributed by atoms with E-state index >= 15 is 0 Å². The average Bonchev–Trinajstić information content (AvgIpc) is 2.98. The van der Waals surface area contributed by atoms with Crippen LogP contribution >= 0.6 is 0 Å². The largest absolute Gasteiger partial charge is 0.314 e. The Hall–Kier alpha value is -1.03. The van der Waals surface area contributed by atoms with Gasteiger partial charge in [0.15, 0.2) is 17.5 Å². The van der Waals surface area contributed by atoms with E-state index in [0.29, 0.717) is 24.6 Å². The van der Waals surface area contributed by atoms with E-state index in [1.165, 1.54) is 12.8 Å². The molecule has 1 saturated carbocycles. The lowest BCUT2D eigenvalue weighted by Gasteiger charge is -2.04. The monoisotopic (exact) mass is 215 g/mol. The molecule has 0 aromatic heterocycles. The van der Waals surface area contributed by atoms with Gasteiger partial charge < -0.3 is 5.32 Å². The van der Waals surface area contributed by atoms with Gasteiger partial charge in [-0.05, 0) is 43.5 Å². The van der Waals surface area contributed by atoms with Crippen molar-refractivity contribution in [3.63, 3.8) is 0 Å². The summed E-state index contributed by atoms with van der Waals surface area (Å²) in [5.41, 5.74) is 0.486. The number of benzene rings is 1. The molecule has 0 saturated heterocycles. The minimum Gasteiger partial charge on any atom is -0.314 e. The zero-order valence-electron chi connectivity index (χ0n) is 8.19. The maximum atomic E-state index is 12.8. The molecule has 4 heteroatoms. The summed E-state index contributed by atoms with van der Waals surface area (Å²) in [7, 11) is 0. The topological polar surface area (TPSA) is 12.0 Å². The van der Waals surface area contributed by atoms with Crippen molar-refractivity contribution in [2.45, 2.75) is 25.3 Å². The van der Waals surface area contributed by atoms with Crippen molar-refractivity contribution in [3.05, 3.63) is 35.1 Å². The maximum absolute atomic E-state index is 12.8. The van der Waals surface area contributed by atoms with Crippen LogP contribution in [0.3, 0.4) is 0 Å². The fourth-order valence-corrected chi connectivity index (χ4v) is 1.46. The van der Waals surface area contributed by atoms with Gasteiger partial charge in [-0.25, -0.2) is 13.2 Å². The van der Waals surface area contributed by atoms with Crippen LogP contribution in [0.2, 0.25) is 0 Å². The second kappa shape index (κ2) is 4.23. The molecule has 0 atom stereocenters. The third-order valence-electron chi connectivity index (χ3n) is 2.47. The highest BCUT2D eigenvalue weighted by atomic mass is 19.2. The highest BCUT2D eigenvalue weighted by Gasteiger charge is 2.19. The van der Waals surface area contributed by atoms with E-state index in [1.807, 2.05) is 0 Å². The summed E-state index contributed by atoms with van der Waals surface area (Å²) in [6.07, 6.45) is 2.86. The molecule has 1 aromatic carbocycles. The van der Waals surface area contributed by atoms with E-state index in [9.17, 15) is 13.2 Å². The zero-order chi connectivity index (χ0) is 10.8. The average molecular weight is 215 g/mol. The summed E-state index contributed by atoms with van der Waals surface area (Å²) in [6, 6.07) is 2.67. The van der Waals surface area contributed by atoms with Gasteiger partial charge in [-0.3, -0.25) is 0 Å². The lowest BCUT2D eigenvalue weighted by atomic mass is 10.1. The first kappa shape index (κ1) is 10.5. The summed E-state index contributed by atoms with van der Waals surface area (Å²) < 4.78 is 38.2. The number of nitrogens with one attached hydrogen (secondary N) is 1. The summed E-state index contributed by atoms with van der Waals surface area (Å²) in [5.74, 6) is -3.62. The fourth-order valence-electron chi connectivity index (χ4n) is 1.46. The van der Waals surface area contributed by atoms with Crippen molar-refractivity contribution < 1.29 is 13.2 Å². The van der Waals surface area contributed by atoms with Crippen LogP contribution in [0.25, 0.3) is 0 Å². The van der Waals surface area contributed by atoms with Crippen LogP contribution < -0.4 is 5.32 Å². The Morgan fingerprint density at radius 2 is 1.73 bits per heavy atom. The summed E-state index contributed by atoms with van der Waals surface area (Å²) in [5, 5.41) is 3.22. The number of halogens is 3. The Bertz CT molecular complexity index is 338. The standard InChI is InChI=1S/C11H12F3N/c12-9-5-7(6-10(13)11(9)14)3-4-15-8-1-2-8/h5-6,8,15H,1-4H2.